The van der Waals surface area contributed by atoms with Gasteiger partial charge < -0.3 is 5.11 Å². The maximum Gasteiger partial charge on any atom is 0.137 e. The van der Waals surface area contributed by atoms with Crippen molar-refractivity contribution in [2.75, 3.05) is 0 Å². The molecule has 1 heterocycles. The van der Waals surface area contributed by atoms with E-state index in [-0.39, 0.29) is 6.10 Å². The summed E-state index contributed by atoms with van der Waals surface area (Å²) in [7, 11) is 0. The van der Waals surface area contributed by atoms with E-state index in [1.807, 2.05) is 6.33 Å². The van der Waals surface area contributed by atoms with Crippen molar-refractivity contribution < 1.29 is 5.11 Å². The van der Waals surface area contributed by atoms with Crippen LogP contribution in [0.5, 0.6) is 0 Å². The zero-order chi connectivity index (χ0) is 17.2. The molecular formula is C21H31N3O. The van der Waals surface area contributed by atoms with Crippen LogP contribution >= 0.6 is 0 Å². The van der Waals surface area contributed by atoms with Crippen LogP contribution in [-0.2, 0) is 0 Å². The van der Waals surface area contributed by atoms with Crippen LogP contribution in [0, 0.1) is 28.6 Å². The minimum absolute atomic E-state index is 0.104. The Hall–Kier alpha value is -1.16. The van der Waals surface area contributed by atoms with Crippen molar-refractivity contribution >= 4 is 0 Å². The van der Waals surface area contributed by atoms with Crippen LogP contribution in [0.1, 0.15) is 71.3 Å². The largest absolute Gasteiger partial charge is 0.393 e. The first-order valence-electron chi connectivity index (χ1n) is 10.2. The molecule has 4 aliphatic rings. The van der Waals surface area contributed by atoms with Crippen molar-refractivity contribution in [3.63, 3.8) is 0 Å². The molecule has 3 saturated carbocycles. The van der Waals surface area contributed by atoms with Gasteiger partial charge in [0, 0.05) is 0 Å². The first-order chi connectivity index (χ1) is 12.0. The van der Waals surface area contributed by atoms with Gasteiger partial charge in [-0.1, -0.05) is 25.5 Å². The van der Waals surface area contributed by atoms with E-state index in [1.165, 1.54) is 38.5 Å². The fraction of sp³-hybridized carbons (Fsp3) is 0.810. The van der Waals surface area contributed by atoms with Gasteiger partial charge in [0.2, 0.25) is 0 Å². The minimum Gasteiger partial charge on any atom is -0.393 e. The Labute approximate surface area is 150 Å². The van der Waals surface area contributed by atoms with E-state index in [4.69, 9.17) is 0 Å². The fourth-order valence-electron chi connectivity index (χ4n) is 7.43. The summed E-state index contributed by atoms with van der Waals surface area (Å²) in [4.78, 5) is 4.21. The van der Waals surface area contributed by atoms with Gasteiger partial charge in [-0.25, -0.2) is 9.67 Å². The average Bonchev–Trinajstić information content (AvgIpc) is 3.22. The van der Waals surface area contributed by atoms with Gasteiger partial charge in [-0.2, -0.15) is 5.10 Å². The number of rotatable bonds is 1. The lowest BCUT2D eigenvalue weighted by Crippen LogP contribution is -2.50. The molecule has 4 aliphatic carbocycles. The summed E-state index contributed by atoms with van der Waals surface area (Å²) in [5, 5.41) is 14.6. The molecular weight excluding hydrogens is 310 g/mol. The number of allylic oxidation sites excluding steroid dienone is 1. The van der Waals surface area contributed by atoms with Gasteiger partial charge in [0.25, 0.3) is 0 Å². The summed E-state index contributed by atoms with van der Waals surface area (Å²) < 4.78 is 2.14. The van der Waals surface area contributed by atoms with Gasteiger partial charge in [0.05, 0.1) is 12.1 Å². The SMILES string of the molecule is C[C@]12CC[C@H]3[C@@H](CC=C4C[C@@H](O)CC[C@@]43C)[C@@H]1CC[C@@H]2n1cncn1. The van der Waals surface area contributed by atoms with Crippen molar-refractivity contribution in [1.82, 2.24) is 14.8 Å². The Balaban J connectivity index is 1.47. The molecule has 0 spiro atoms. The van der Waals surface area contributed by atoms with Crippen molar-refractivity contribution in [3.8, 4) is 0 Å². The molecule has 1 aromatic rings. The van der Waals surface area contributed by atoms with Gasteiger partial charge >= 0.3 is 0 Å². The quantitative estimate of drug-likeness (QED) is 0.781. The monoisotopic (exact) mass is 341 g/mol. The maximum atomic E-state index is 10.1. The number of hydrogen-bond donors (Lipinski definition) is 1. The van der Waals surface area contributed by atoms with E-state index in [1.54, 1.807) is 11.9 Å². The molecule has 5 rings (SSSR count). The van der Waals surface area contributed by atoms with Crippen LogP contribution in [0.2, 0.25) is 0 Å². The van der Waals surface area contributed by atoms with Crippen LogP contribution in [0.3, 0.4) is 0 Å². The number of aliphatic hydroxyl groups is 1. The highest BCUT2D eigenvalue weighted by Gasteiger charge is 2.59. The summed E-state index contributed by atoms with van der Waals surface area (Å²) in [6.07, 6.45) is 15.6. The van der Waals surface area contributed by atoms with Crippen molar-refractivity contribution in [2.24, 2.45) is 28.6 Å². The van der Waals surface area contributed by atoms with Crippen LogP contribution in [0.4, 0.5) is 0 Å². The van der Waals surface area contributed by atoms with E-state index in [0.29, 0.717) is 16.9 Å². The third-order valence-electron chi connectivity index (χ3n) is 8.78. The number of nitrogens with zero attached hydrogens (tertiary/aromatic N) is 3. The van der Waals surface area contributed by atoms with Gasteiger partial charge in [0.1, 0.15) is 12.7 Å². The first-order valence-corrected chi connectivity index (χ1v) is 10.2. The smallest absolute Gasteiger partial charge is 0.137 e. The molecule has 0 aromatic carbocycles. The summed E-state index contributed by atoms with van der Waals surface area (Å²) in [5.41, 5.74) is 2.28. The summed E-state index contributed by atoms with van der Waals surface area (Å²) >= 11 is 0. The molecule has 25 heavy (non-hydrogen) atoms. The Bertz CT molecular complexity index is 683. The van der Waals surface area contributed by atoms with Crippen LogP contribution in [0.15, 0.2) is 24.3 Å². The molecule has 3 fully saturated rings. The zero-order valence-electron chi connectivity index (χ0n) is 15.6. The Kier molecular flexibility index (Phi) is 3.48. The molecule has 0 radical (unpaired) electrons. The second-order valence-corrected chi connectivity index (χ2v) is 9.67. The highest BCUT2D eigenvalue weighted by molar-refractivity contribution is 5.25. The lowest BCUT2D eigenvalue weighted by Gasteiger charge is -2.57. The third kappa shape index (κ3) is 2.16. The van der Waals surface area contributed by atoms with Crippen LogP contribution in [0.25, 0.3) is 0 Å². The maximum absolute atomic E-state index is 10.1. The number of aliphatic hydroxyl groups excluding tert-OH is 1. The predicted molar refractivity (Wildman–Crippen MR) is 96.8 cm³/mol. The molecule has 0 bridgehead atoms. The standard InChI is InChI=1S/C21H31N3O/c1-20-9-7-15(25)11-14(20)3-4-16-17-5-6-19(24-13-22-12-23-24)21(17,2)10-8-18(16)20/h3,12-13,15-19,25H,4-11H2,1-2H3/t15-,16-,17-,18-,19-,20-,21-/m0/s1. The molecule has 0 saturated heterocycles. The fourth-order valence-corrected chi connectivity index (χ4v) is 7.43. The van der Waals surface area contributed by atoms with E-state index in [9.17, 15) is 5.11 Å². The highest BCUT2D eigenvalue weighted by atomic mass is 16.3. The van der Waals surface area contributed by atoms with Crippen LogP contribution < -0.4 is 0 Å². The van der Waals surface area contributed by atoms with E-state index >= 15 is 0 Å². The Morgan fingerprint density at radius 3 is 2.80 bits per heavy atom. The Morgan fingerprint density at radius 2 is 2.00 bits per heavy atom. The van der Waals surface area contributed by atoms with Crippen molar-refractivity contribution in [1.29, 1.82) is 0 Å². The Morgan fingerprint density at radius 1 is 1.12 bits per heavy atom. The molecule has 136 valence electrons. The van der Waals surface area contributed by atoms with Crippen molar-refractivity contribution in [2.45, 2.75) is 77.4 Å². The normalized spacial score (nSPS) is 49.1. The van der Waals surface area contributed by atoms with Crippen molar-refractivity contribution in [3.05, 3.63) is 24.3 Å². The minimum atomic E-state index is -0.104. The predicted octanol–water partition coefficient (Wildman–Crippen LogP) is 4.14. The summed E-state index contributed by atoms with van der Waals surface area (Å²) in [6.45, 7) is 5.04. The molecule has 4 nitrogen and oxygen atoms in total. The summed E-state index contributed by atoms with van der Waals surface area (Å²) in [5.74, 6) is 2.44. The van der Waals surface area contributed by atoms with Gasteiger partial charge in [-0.15, -0.1) is 0 Å². The number of fused-ring (bicyclic) bond motifs is 5. The van der Waals surface area contributed by atoms with E-state index < -0.39 is 0 Å². The molecule has 7 atom stereocenters. The summed E-state index contributed by atoms with van der Waals surface area (Å²) in [6, 6.07) is 0.521. The van der Waals surface area contributed by atoms with Gasteiger partial charge in [-0.05, 0) is 80.0 Å². The molecule has 0 unspecified atom stereocenters. The molecule has 0 aliphatic heterocycles. The third-order valence-corrected chi connectivity index (χ3v) is 8.78. The molecule has 0 amide bonds. The second kappa shape index (κ2) is 5.42. The lowest BCUT2D eigenvalue weighted by molar-refractivity contribution is -0.0488. The zero-order valence-corrected chi connectivity index (χ0v) is 15.6. The van der Waals surface area contributed by atoms with E-state index in [2.05, 4.69) is 34.7 Å². The van der Waals surface area contributed by atoms with Gasteiger partial charge in [-0.3, -0.25) is 0 Å². The topological polar surface area (TPSA) is 50.9 Å². The average molecular weight is 341 g/mol. The number of hydrogen-bond acceptors (Lipinski definition) is 3. The molecule has 1 aromatic heterocycles. The number of aromatic nitrogens is 3. The van der Waals surface area contributed by atoms with Crippen LogP contribution in [-0.4, -0.2) is 26.0 Å². The first kappa shape index (κ1) is 16.0. The lowest BCUT2D eigenvalue weighted by atomic mass is 9.48. The second-order valence-electron chi connectivity index (χ2n) is 9.67. The van der Waals surface area contributed by atoms with E-state index in [0.717, 1.165) is 30.6 Å². The molecule has 4 heteroatoms. The van der Waals surface area contributed by atoms with Gasteiger partial charge in [0.15, 0.2) is 0 Å². The highest BCUT2D eigenvalue weighted by Crippen LogP contribution is 2.66. The molecule has 1 N–H and O–H groups in total.